The first kappa shape index (κ1) is 19.9. The number of nitro benzene ring substituents is 1. The van der Waals surface area contributed by atoms with Gasteiger partial charge in [0.1, 0.15) is 0 Å². The smallest absolute Gasteiger partial charge is 0.310 e. The number of methoxy groups -OCH3 is 1. The van der Waals surface area contributed by atoms with E-state index in [1.54, 1.807) is 6.07 Å². The van der Waals surface area contributed by atoms with E-state index in [-0.39, 0.29) is 43.5 Å². The van der Waals surface area contributed by atoms with E-state index in [4.69, 9.17) is 4.74 Å². The Kier molecular flexibility index (Phi) is 7.30. The molecule has 8 heteroatoms. The third kappa shape index (κ3) is 6.10. The van der Waals surface area contributed by atoms with E-state index in [1.807, 2.05) is 30.3 Å². The number of esters is 1. The number of hydrogen-bond donors (Lipinski definition) is 0. The lowest BCUT2D eigenvalue weighted by atomic mass is 10.2. The summed E-state index contributed by atoms with van der Waals surface area (Å²) in [5.41, 5.74) is 0.677. The number of nitro groups is 1. The number of carbonyl (C=O) groups excluding carboxylic acids is 2. The molecule has 27 heavy (non-hydrogen) atoms. The quantitative estimate of drug-likeness (QED) is 0.381. The third-order valence-electron chi connectivity index (χ3n) is 3.80. The van der Waals surface area contributed by atoms with E-state index in [0.717, 1.165) is 5.56 Å². The molecule has 0 aromatic heterocycles. The fraction of sp³-hybridized carbons (Fsp3) is 0.263. The van der Waals surface area contributed by atoms with Gasteiger partial charge in [-0.3, -0.25) is 19.7 Å². The average molecular weight is 372 g/mol. The van der Waals surface area contributed by atoms with Crippen LogP contribution in [-0.2, 0) is 20.9 Å². The highest BCUT2D eigenvalue weighted by Crippen LogP contribution is 2.25. The van der Waals surface area contributed by atoms with Crippen molar-refractivity contribution in [1.29, 1.82) is 0 Å². The van der Waals surface area contributed by atoms with Gasteiger partial charge in [0.25, 0.3) is 5.91 Å². The van der Waals surface area contributed by atoms with Gasteiger partial charge in [0.15, 0.2) is 12.4 Å². The molecule has 0 radical (unpaired) electrons. The van der Waals surface area contributed by atoms with Crippen molar-refractivity contribution in [3.8, 4) is 5.75 Å². The van der Waals surface area contributed by atoms with Crippen molar-refractivity contribution in [1.82, 2.24) is 4.90 Å². The summed E-state index contributed by atoms with van der Waals surface area (Å²) in [5, 5.41) is 11.0. The molecular weight excluding hydrogens is 352 g/mol. The predicted octanol–water partition coefficient (Wildman–Crippen LogP) is 2.57. The van der Waals surface area contributed by atoms with Gasteiger partial charge in [-0.2, -0.15) is 0 Å². The van der Waals surface area contributed by atoms with Crippen LogP contribution in [0.15, 0.2) is 54.6 Å². The Bertz CT molecular complexity index is 794. The minimum atomic E-state index is -0.571. The van der Waals surface area contributed by atoms with Crippen LogP contribution in [0.4, 0.5) is 5.69 Å². The topological polar surface area (TPSA) is 99.0 Å². The zero-order valence-electron chi connectivity index (χ0n) is 14.9. The van der Waals surface area contributed by atoms with Gasteiger partial charge in [0, 0.05) is 19.2 Å². The highest BCUT2D eigenvalue weighted by atomic mass is 16.6. The average Bonchev–Trinajstić information content (AvgIpc) is 2.69. The maximum Gasteiger partial charge on any atom is 0.310 e. The second-order valence-corrected chi connectivity index (χ2v) is 5.64. The molecule has 0 atom stereocenters. The predicted molar refractivity (Wildman–Crippen MR) is 97.1 cm³/mol. The molecule has 1 amide bonds. The fourth-order valence-corrected chi connectivity index (χ4v) is 2.38. The first-order valence-corrected chi connectivity index (χ1v) is 8.26. The second-order valence-electron chi connectivity index (χ2n) is 5.64. The fourth-order valence-electron chi connectivity index (χ4n) is 2.38. The Morgan fingerprint density at radius 1 is 1.07 bits per heavy atom. The molecule has 2 aromatic carbocycles. The van der Waals surface area contributed by atoms with Crippen molar-refractivity contribution >= 4 is 17.6 Å². The SMILES string of the molecule is COC(=O)CCN(Cc1ccccc1)C(=O)COc1ccccc1[N+](=O)[O-]. The van der Waals surface area contributed by atoms with Gasteiger partial charge >= 0.3 is 11.7 Å². The van der Waals surface area contributed by atoms with Crippen molar-refractivity contribution in [3.05, 3.63) is 70.3 Å². The monoisotopic (exact) mass is 372 g/mol. The molecule has 0 unspecified atom stereocenters. The maximum absolute atomic E-state index is 12.6. The minimum Gasteiger partial charge on any atom is -0.477 e. The number of ether oxygens (including phenoxy) is 2. The Morgan fingerprint density at radius 2 is 1.74 bits per heavy atom. The molecule has 0 saturated carbocycles. The van der Waals surface area contributed by atoms with Crippen LogP contribution in [0.25, 0.3) is 0 Å². The van der Waals surface area contributed by atoms with Crippen LogP contribution in [-0.4, -0.2) is 42.0 Å². The Morgan fingerprint density at radius 3 is 2.41 bits per heavy atom. The second kappa shape index (κ2) is 9.91. The molecule has 0 spiro atoms. The molecule has 0 aliphatic heterocycles. The zero-order chi connectivity index (χ0) is 19.6. The maximum atomic E-state index is 12.6. The van der Waals surface area contributed by atoms with Crippen LogP contribution in [0.1, 0.15) is 12.0 Å². The molecule has 0 heterocycles. The summed E-state index contributed by atoms with van der Waals surface area (Å²) in [6, 6.07) is 15.1. The zero-order valence-corrected chi connectivity index (χ0v) is 14.9. The van der Waals surface area contributed by atoms with E-state index in [1.165, 1.54) is 30.2 Å². The van der Waals surface area contributed by atoms with E-state index < -0.39 is 10.9 Å². The van der Waals surface area contributed by atoms with Crippen LogP contribution >= 0.6 is 0 Å². The van der Waals surface area contributed by atoms with Gasteiger partial charge < -0.3 is 14.4 Å². The molecule has 0 aliphatic carbocycles. The molecule has 0 bridgehead atoms. The van der Waals surface area contributed by atoms with Crippen molar-refractivity contribution < 1.29 is 24.0 Å². The van der Waals surface area contributed by atoms with E-state index in [9.17, 15) is 19.7 Å². The molecule has 0 aliphatic rings. The number of para-hydroxylation sites is 2. The van der Waals surface area contributed by atoms with Gasteiger partial charge in [0.2, 0.25) is 0 Å². The Balaban J connectivity index is 2.06. The highest BCUT2D eigenvalue weighted by Gasteiger charge is 2.19. The molecule has 2 rings (SSSR count). The number of hydrogen-bond acceptors (Lipinski definition) is 6. The van der Waals surface area contributed by atoms with Crippen molar-refractivity contribution in [2.24, 2.45) is 0 Å². The van der Waals surface area contributed by atoms with Crippen molar-refractivity contribution in [3.63, 3.8) is 0 Å². The van der Waals surface area contributed by atoms with Crippen LogP contribution in [0.3, 0.4) is 0 Å². The molecule has 142 valence electrons. The van der Waals surface area contributed by atoms with Gasteiger partial charge in [-0.05, 0) is 11.6 Å². The summed E-state index contributed by atoms with van der Waals surface area (Å²) in [6.45, 7) is 0.0659. The number of carbonyl (C=O) groups is 2. The standard InChI is InChI=1S/C19H20N2O6/c1-26-19(23)11-12-20(13-15-7-3-2-4-8-15)18(22)14-27-17-10-6-5-9-16(17)21(24)25/h2-10H,11-14H2,1H3. The largest absolute Gasteiger partial charge is 0.477 e. The van der Waals surface area contributed by atoms with Crippen LogP contribution in [0, 0.1) is 10.1 Å². The number of benzene rings is 2. The normalized spacial score (nSPS) is 10.1. The Labute approximate surface area is 156 Å². The summed E-state index contributed by atoms with van der Waals surface area (Å²) in [5.74, 6) is -0.801. The molecule has 0 N–H and O–H groups in total. The first-order valence-electron chi connectivity index (χ1n) is 8.26. The molecule has 8 nitrogen and oxygen atoms in total. The van der Waals surface area contributed by atoms with E-state index in [0.29, 0.717) is 0 Å². The minimum absolute atomic E-state index is 0.0171. The van der Waals surface area contributed by atoms with E-state index in [2.05, 4.69) is 4.74 Å². The van der Waals surface area contributed by atoms with Crippen molar-refractivity contribution in [2.75, 3.05) is 20.3 Å². The summed E-state index contributed by atoms with van der Waals surface area (Å²) in [4.78, 5) is 35.9. The van der Waals surface area contributed by atoms with Crippen molar-refractivity contribution in [2.45, 2.75) is 13.0 Å². The lowest BCUT2D eigenvalue weighted by Crippen LogP contribution is -2.36. The number of amides is 1. The summed E-state index contributed by atoms with van der Waals surface area (Å²) < 4.78 is 9.98. The lowest BCUT2D eigenvalue weighted by Gasteiger charge is -2.22. The summed E-state index contributed by atoms with van der Waals surface area (Å²) >= 11 is 0. The Hall–Kier alpha value is -3.42. The van der Waals surface area contributed by atoms with Gasteiger partial charge in [-0.25, -0.2) is 0 Å². The molecule has 0 fully saturated rings. The van der Waals surface area contributed by atoms with E-state index >= 15 is 0 Å². The molecular formula is C19H20N2O6. The highest BCUT2D eigenvalue weighted by molar-refractivity contribution is 5.79. The van der Waals surface area contributed by atoms with Gasteiger partial charge in [-0.1, -0.05) is 42.5 Å². The number of rotatable bonds is 9. The number of nitrogens with zero attached hydrogens (tertiary/aromatic N) is 2. The summed E-state index contributed by atoms with van der Waals surface area (Å²) in [6.07, 6.45) is 0.0422. The summed E-state index contributed by atoms with van der Waals surface area (Å²) in [7, 11) is 1.28. The van der Waals surface area contributed by atoms with Crippen LogP contribution < -0.4 is 4.74 Å². The molecule has 0 saturated heterocycles. The lowest BCUT2D eigenvalue weighted by molar-refractivity contribution is -0.385. The van der Waals surface area contributed by atoms with Gasteiger partial charge in [-0.15, -0.1) is 0 Å². The third-order valence-corrected chi connectivity index (χ3v) is 3.80. The first-order chi connectivity index (χ1) is 13.0. The van der Waals surface area contributed by atoms with Crippen LogP contribution in [0.5, 0.6) is 5.75 Å². The molecule has 2 aromatic rings. The van der Waals surface area contributed by atoms with Gasteiger partial charge in [0.05, 0.1) is 18.5 Å². The van der Waals surface area contributed by atoms with Crippen LogP contribution in [0.2, 0.25) is 0 Å².